The average Bonchev–Trinajstić information content (AvgIpc) is 2.52. The number of rotatable bonds is 7. The molecule has 1 N–H and O–H groups in total. The quantitative estimate of drug-likeness (QED) is 0.796. The number of hydrogen-bond acceptors (Lipinski definition) is 5. The van der Waals surface area contributed by atoms with Crippen molar-refractivity contribution in [2.45, 2.75) is 26.2 Å². The third-order valence-corrected chi connectivity index (χ3v) is 3.34. The molecule has 0 saturated carbocycles. The van der Waals surface area contributed by atoms with E-state index in [0.29, 0.717) is 0 Å². The summed E-state index contributed by atoms with van der Waals surface area (Å²) in [6.07, 6.45) is 1.06. The predicted molar refractivity (Wildman–Crippen MR) is 91.0 cm³/mol. The summed E-state index contributed by atoms with van der Waals surface area (Å²) in [5.74, 6) is 1.86. The van der Waals surface area contributed by atoms with Crippen molar-refractivity contribution in [3.05, 3.63) is 36.2 Å². The number of hydrogen-bond donors (Lipinski definition) is 1. The third kappa shape index (κ3) is 4.49. The van der Waals surface area contributed by atoms with Crippen LogP contribution in [0.15, 0.2) is 30.3 Å². The number of aromatic nitrogens is 3. The third-order valence-electron chi connectivity index (χ3n) is 3.34. The molecule has 5 heteroatoms. The molecule has 22 heavy (non-hydrogen) atoms. The SMILES string of the molecule is CC(C)c1nnc(-c2ccccc2)c(NCCCN(C)C)n1. The van der Waals surface area contributed by atoms with Gasteiger partial charge in [0.2, 0.25) is 0 Å². The molecule has 0 unspecified atom stereocenters. The minimum absolute atomic E-state index is 0.264. The highest BCUT2D eigenvalue weighted by molar-refractivity contribution is 5.70. The largest absolute Gasteiger partial charge is 0.368 e. The van der Waals surface area contributed by atoms with Crippen molar-refractivity contribution in [2.75, 3.05) is 32.5 Å². The van der Waals surface area contributed by atoms with E-state index < -0.39 is 0 Å². The fraction of sp³-hybridized carbons (Fsp3) is 0.471. The first-order valence-electron chi connectivity index (χ1n) is 7.76. The second-order valence-electron chi connectivity index (χ2n) is 5.97. The topological polar surface area (TPSA) is 53.9 Å². The highest BCUT2D eigenvalue weighted by atomic mass is 15.2. The fourth-order valence-corrected chi connectivity index (χ4v) is 2.10. The molecule has 0 aliphatic rings. The van der Waals surface area contributed by atoms with E-state index in [1.165, 1.54) is 0 Å². The van der Waals surface area contributed by atoms with E-state index >= 15 is 0 Å². The zero-order chi connectivity index (χ0) is 15.9. The van der Waals surface area contributed by atoms with Gasteiger partial charge in [-0.2, -0.15) is 0 Å². The van der Waals surface area contributed by atoms with Gasteiger partial charge in [-0.15, -0.1) is 10.2 Å². The highest BCUT2D eigenvalue weighted by Crippen LogP contribution is 2.24. The van der Waals surface area contributed by atoms with Crippen LogP contribution in [0, 0.1) is 0 Å². The molecule has 0 amide bonds. The Bertz CT molecular complexity index is 581. The first kappa shape index (κ1) is 16.4. The Balaban J connectivity index is 2.21. The summed E-state index contributed by atoms with van der Waals surface area (Å²) in [6, 6.07) is 10.1. The minimum atomic E-state index is 0.264. The van der Waals surface area contributed by atoms with Gasteiger partial charge in [0.25, 0.3) is 0 Å². The van der Waals surface area contributed by atoms with Gasteiger partial charge in [-0.3, -0.25) is 0 Å². The lowest BCUT2D eigenvalue weighted by Gasteiger charge is -2.14. The van der Waals surface area contributed by atoms with Gasteiger partial charge < -0.3 is 10.2 Å². The average molecular weight is 299 g/mol. The smallest absolute Gasteiger partial charge is 0.156 e. The Morgan fingerprint density at radius 3 is 2.45 bits per heavy atom. The maximum absolute atomic E-state index is 4.67. The molecule has 0 aliphatic carbocycles. The van der Waals surface area contributed by atoms with E-state index in [2.05, 4.69) is 53.3 Å². The number of nitrogens with one attached hydrogen (secondary N) is 1. The first-order valence-corrected chi connectivity index (χ1v) is 7.76. The molecule has 0 fully saturated rings. The van der Waals surface area contributed by atoms with Gasteiger partial charge in [-0.25, -0.2) is 4.98 Å². The van der Waals surface area contributed by atoms with Gasteiger partial charge in [-0.05, 0) is 27.1 Å². The molecule has 118 valence electrons. The van der Waals surface area contributed by atoms with Crippen LogP contribution in [-0.2, 0) is 0 Å². The van der Waals surface area contributed by atoms with Crippen LogP contribution in [0.25, 0.3) is 11.3 Å². The van der Waals surface area contributed by atoms with Crippen LogP contribution in [0.3, 0.4) is 0 Å². The lowest BCUT2D eigenvalue weighted by atomic mass is 10.1. The van der Waals surface area contributed by atoms with E-state index in [-0.39, 0.29) is 5.92 Å². The second-order valence-corrected chi connectivity index (χ2v) is 5.97. The van der Waals surface area contributed by atoms with Crippen molar-refractivity contribution < 1.29 is 0 Å². The molecule has 0 aliphatic heterocycles. The van der Waals surface area contributed by atoms with Crippen molar-refractivity contribution in [1.82, 2.24) is 20.1 Å². The molecule has 0 atom stereocenters. The van der Waals surface area contributed by atoms with Crippen LogP contribution in [0.1, 0.15) is 32.0 Å². The van der Waals surface area contributed by atoms with Crippen molar-refractivity contribution >= 4 is 5.82 Å². The van der Waals surface area contributed by atoms with Crippen LogP contribution in [0.2, 0.25) is 0 Å². The van der Waals surface area contributed by atoms with Crippen molar-refractivity contribution in [3.8, 4) is 11.3 Å². The van der Waals surface area contributed by atoms with Crippen molar-refractivity contribution in [3.63, 3.8) is 0 Å². The summed E-state index contributed by atoms with van der Waals surface area (Å²) in [6.45, 7) is 6.07. The molecule has 1 aromatic heterocycles. The van der Waals surface area contributed by atoms with E-state index in [9.17, 15) is 0 Å². The van der Waals surface area contributed by atoms with Crippen LogP contribution in [0.4, 0.5) is 5.82 Å². The summed E-state index contributed by atoms with van der Waals surface area (Å²) in [5.41, 5.74) is 1.85. The molecule has 5 nitrogen and oxygen atoms in total. The molecule has 0 spiro atoms. The molecule has 0 bridgehead atoms. The Morgan fingerprint density at radius 1 is 1.09 bits per heavy atom. The summed E-state index contributed by atoms with van der Waals surface area (Å²) in [4.78, 5) is 6.85. The molecule has 2 rings (SSSR count). The first-order chi connectivity index (χ1) is 10.6. The number of anilines is 1. The molecule has 1 aromatic carbocycles. The molecule has 1 heterocycles. The van der Waals surface area contributed by atoms with E-state index in [1.54, 1.807) is 0 Å². The van der Waals surface area contributed by atoms with Gasteiger partial charge in [0.05, 0.1) is 0 Å². The van der Waals surface area contributed by atoms with Gasteiger partial charge in [0.1, 0.15) is 5.69 Å². The van der Waals surface area contributed by atoms with Crippen LogP contribution >= 0.6 is 0 Å². The van der Waals surface area contributed by atoms with E-state index in [1.807, 2.05) is 30.3 Å². The lowest BCUT2D eigenvalue weighted by molar-refractivity contribution is 0.405. The Labute approximate surface area is 132 Å². The predicted octanol–water partition coefficient (Wildman–Crippen LogP) is 3.03. The zero-order valence-corrected chi connectivity index (χ0v) is 13.9. The monoisotopic (exact) mass is 299 g/mol. The van der Waals surface area contributed by atoms with Gasteiger partial charge >= 0.3 is 0 Å². The zero-order valence-electron chi connectivity index (χ0n) is 13.9. The van der Waals surface area contributed by atoms with Crippen molar-refractivity contribution in [2.24, 2.45) is 0 Å². The molecule has 0 radical (unpaired) electrons. The number of benzene rings is 1. The Kier molecular flexibility index (Phi) is 5.83. The summed E-state index contributed by atoms with van der Waals surface area (Å²) in [5, 5.41) is 12.1. The molecular formula is C17H25N5. The fourth-order valence-electron chi connectivity index (χ4n) is 2.10. The maximum atomic E-state index is 4.67. The molecular weight excluding hydrogens is 274 g/mol. The van der Waals surface area contributed by atoms with Crippen LogP contribution in [0.5, 0.6) is 0 Å². The standard InChI is InChI=1S/C17H25N5/c1-13(2)16-19-17(18-11-8-12-22(3)4)15(20-21-16)14-9-6-5-7-10-14/h5-7,9-10,13H,8,11-12H2,1-4H3,(H,18,19,21). The Hall–Kier alpha value is -2.01. The van der Waals surface area contributed by atoms with Gasteiger partial charge in [0.15, 0.2) is 11.6 Å². The minimum Gasteiger partial charge on any atom is -0.368 e. The molecule has 0 saturated heterocycles. The summed E-state index contributed by atoms with van der Waals surface area (Å²) < 4.78 is 0. The highest BCUT2D eigenvalue weighted by Gasteiger charge is 2.12. The second kappa shape index (κ2) is 7.84. The lowest BCUT2D eigenvalue weighted by Crippen LogP contribution is -2.17. The van der Waals surface area contributed by atoms with Gasteiger partial charge in [0, 0.05) is 18.0 Å². The Morgan fingerprint density at radius 2 is 1.82 bits per heavy atom. The van der Waals surface area contributed by atoms with Crippen LogP contribution < -0.4 is 5.32 Å². The van der Waals surface area contributed by atoms with E-state index in [0.717, 1.165) is 42.4 Å². The maximum Gasteiger partial charge on any atom is 0.156 e. The molecule has 2 aromatic rings. The van der Waals surface area contributed by atoms with E-state index in [4.69, 9.17) is 0 Å². The normalized spacial score (nSPS) is 11.2. The summed E-state index contributed by atoms with van der Waals surface area (Å²) in [7, 11) is 4.16. The van der Waals surface area contributed by atoms with Crippen LogP contribution in [-0.4, -0.2) is 47.3 Å². The number of nitrogens with zero attached hydrogens (tertiary/aromatic N) is 4. The van der Waals surface area contributed by atoms with Gasteiger partial charge in [-0.1, -0.05) is 44.2 Å². The summed E-state index contributed by atoms with van der Waals surface area (Å²) >= 11 is 0. The van der Waals surface area contributed by atoms with Crippen molar-refractivity contribution in [1.29, 1.82) is 0 Å².